The SMILES string of the molecule is Cc1nc(Br)cc(N2CCN(C)c3ccccc32)n1. The van der Waals surface area contributed by atoms with Gasteiger partial charge < -0.3 is 9.80 Å². The van der Waals surface area contributed by atoms with Crippen molar-refractivity contribution < 1.29 is 0 Å². The molecule has 0 amide bonds. The van der Waals surface area contributed by atoms with Gasteiger partial charge >= 0.3 is 0 Å². The van der Waals surface area contributed by atoms with Gasteiger partial charge in [-0.25, -0.2) is 9.97 Å². The molecule has 1 aromatic carbocycles. The number of likely N-dealkylation sites (N-methyl/N-ethyl adjacent to an activating group) is 1. The number of hydrogen-bond donors (Lipinski definition) is 0. The van der Waals surface area contributed by atoms with Crippen molar-refractivity contribution in [3.8, 4) is 0 Å². The third-order valence-corrected chi connectivity index (χ3v) is 3.72. The Kier molecular flexibility index (Phi) is 3.14. The Labute approximate surface area is 121 Å². The topological polar surface area (TPSA) is 32.3 Å². The molecule has 0 aliphatic carbocycles. The summed E-state index contributed by atoms with van der Waals surface area (Å²) in [7, 11) is 2.12. The predicted molar refractivity (Wildman–Crippen MR) is 81.2 cm³/mol. The molecule has 4 nitrogen and oxygen atoms in total. The van der Waals surface area contributed by atoms with Crippen molar-refractivity contribution in [2.24, 2.45) is 0 Å². The molecule has 19 heavy (non-hydrogen) atoms. The van der Waals surface area contributed by atoms with E-state index >= 15 is 0 Å². The van der Waals surface area contributed by atoms with Gasteiger partial charge in [-0.1, -0.05) is 12.1 Å². The average molecular weight is 319 g/mol. The van der Waals surface area contributed by atoms with Crippen molar-refractivity contribution in [1.82, 2.24) is 9.97 Å². The lowest BCUT2D eigenvalue weighted by Gasteiger charge is -2.36. The number of halogens is 1. The van der Waals surface area contributed by atoms with Gasteiger partial charge in [-0.3, -0.25) is 0 Å². The van der Waals surface area contributed by atoms with Crippen molar-refractivity contribution >= 4 is 33.1 Å². The molecule has 1 aromatic heterocycles. The number of fused-ring (bicyclic) bond motifs is 1. The van der Waals surface area contributed by atoms with Crippen molar-refractivity contribution in [3.05, 3.63) is 40.8 Å². The van der Waals surface area contributed by atoms with Crippen LogP contribution in [0.15, 0.2) is 34.9 Å². The molecule has 0 spiro atoms. The van der Waals surface area contributed by atoms with Crippen LogP contribution in [-0.4, -0.2) is 30.1 Å². The highest BCUT2D eigenvalue weighted by Crippen LogP contribution is 2.36. The first-order chi connectivity index (χ1) is 9.15. The number of para-hydroxylation sites is 2. The normalized spacial score (nSPS) is 14.5. The third kappa shape index (κ3) is 2.30. The zero-order valence-electron chi connectivity index (χ0n) is 11.0. The van der Waals surface area contributed by atoms with Gasteiger partial charge in [-0.2, -0.15) is 0 Å². The quantitative estimate of drug-likeness (QED) is 0.756. The lowest BCUT2D eigenvalue weighted by atomic mass is 10.2. The first kappa shape index (κ1) is 12.4. The minimum Gasteiger partial charge on any atom is -0.371 e. The lowest BCUT2D eigenvalue weighted by molar-refractivity contribution is 0.807. The maximum Gasteiger partial charge on any atom is 0.137 e. The summed E-state index contributed by atoms with van der Waals surface area (Å²) in [6.07, 6.45) is 0. The number of benzene rings is 1. The van der Waals surface area contributed by atoms with Crippen LogP contribution in [0.4, 0.5) is 17.2 Å². The Morgan fingerprint density at radius 3 is 2.58 bits per heavy atom. The number of anilines is 3. The molecule has 1 aliphatic rings. The summed E-state index contributed by atoms with van der Waals surface area (Å²) in [5, 5.41) is 0. The van der Waals surface area contributed by atoms with E-state index in [4.69, 9.17) is 0 Å². The molecule has 0 saturated heterocycles. The van der Waals surface area contributed by atoms with Crippen LogP contribution in [-0.2, 0) is 0 Å². The first-order valence-electron chi connectivity index (χ1n) is 6.24. The van der Waals surface area contributed by atoms with Crippen LogP contribution in [0, 0.1) is 6.92 Å². The van der Waals surface area contributed by atoms with Gasteiger partial charge in [0.1, 0.15) is 16.2 Å². The summed E-state index contributed by atoms with van der Waals surface area (Å²) < 4.78 is 0.825. The first-order valence-corrected chi connectivity index (χ1v) is 7.03. The third-order valence-electron chi connectivity index (χ3n) is 3.31. The number of nitrogens with zero attached hydrogens (tertiary/aromatic N) is 4. The number of aromatic nitrogens is 2. The highest BCUT2D eigenvalue weighted by atomic mass is 79.9. The summed E-state index contributed by atoms with van der Waals surface area (Å²) in [4.78, 5) is 13.3. The minimum atomic E-state index is 0.779. The van der Waals surface area contributed by atoms with Crippen molar-refractivity contribution in [2.75, 3.05) is 29.9 Å². The lowest BCUT2D eigenvalue weighted by Crippen LogP contribution is -2.36. The van der Waals surface area contributed by atoms with E-state index in [0.29, 0.717) is 0 Å². The van der Waals surface area contributed by atoms with Crippen LogP contribution in [0.5, 0.6) is 0 Å². The van der Waals surface area contributed by atoms with Gasteiger partial charge in [-0.05, 0) is 35.0 Å². The molecule has 3 rings (SSSR count). The smallest absolute Gasteiger partial charge is 0.137 e. The highest BCUT2D eigenvalue weighted by Gasteiger charge is 2.22. The van der Waals surface area contributed by atoms with Crippen molar-refractivity contribution in [2.45, 2.75) is 6.92 Å². The zero-order chi connectivity index (χ0) is 13.4. The van der Waals surface area contributed by atoms with Gasteiger partial charge in [0.25, 0.3) is 0 Å². The van der Waals surface area contributed by atoms with Crippen LogP contribution in [0.1, 0.15) is 5.82 Å². The second kappa shape index (κ2) is 4.81. The molecule has 0 atom stereocenters. The Morgan fingerprint density at radius 1 is 1.11 bits per heavy atom. The Hall–Kier alpha value is -1.62. The van der Waals surface area contributed by atoms with Gasteiger partial charge in [0.15, 0.2) is 0 Å². The van der Waals surface area contributed by atoms with E-state index in [0.717, 1.165) is 29.3 Å². The molecule has 0 N–H and O–H groups in total. The van der Waals surface area contributed by atoms with E-state index in [1.165, 1.54) is 11.4 Å². The maximum atomic E-state index is 4.55. The monoisotopic (exact) mass is 318 g/mol. The molecule has 2 aromatic rings. The van der Waals surface area contributed by atoms with Crippen LogP contribution in [0.2, 0.25) is 0 Å². The summed E-state index contributed by atoms with van der Waals surface area (Å²) in [5.41, 5.74) is 2.43. The van der Waals surface area contributed by atoms with Crippen molar-refractivity contribution in [3.63, 3.8) is 0 Å². The van der Waals surface area contributed by atoms with E-state index in [-0.39, 0.29) is 0 Å². The maximum absolute atomic E-state index is 4.55. The number of hydrogen-bond acceptors (Lipinski definition) is 4. The summed E-state index contributed by atoms with van der Waals surface area (Å²) in [6.45, 7) is 3.82. The highest BCUT2D eigenvalue weighted by molar-refractivity contribution is 9.10. The summed E-state index contributed by atoms with van der Waals surface area (Å²) in [5.74, 6) is 1.72. The fraction of sp³-hybridized carbons (Fsp3) is 0.286. The molecule has 0 radical (unpaired) electrons. The van der Waals surface area contributed by atoms with E-state index in [9.17, 15) is 0 Å². The Bertz CT molecular complexity index is 594. The number of aryl methyl sites for hydroxylation is 1. The molecular formula is C14H15BrN4. The van der Waals surface area contributed by atoms with Crippen LogP contribution < -0.4 is 9.80 Å². The fourth-order valence-electron chi connectivity index (χ4n) is 2.40. The van der Waals surface area contributed by atoms with Gasteiger partial charge in [0.2, 0.25) is 0 Å². The van der Waals surface area contributed by atoms with Gasteiger partial charge in [0, 0.05) is 26.2 Å². The standard InChI is InChI=1S/C14H15BrN4/c1-10-16-13(15)9-14(17-10)19-8-7-18(2)11-5-3-4-6-12(11)19/h3-6,9H,7-8H2,1-2H3. The average Bonchev–Trinajstić information content (AvgIpc) is 2.38. The van der Waals surface area contributed by atoms with Crippen LogP contribution in [0.3, 0.4) is 0 Å². The number of rotatable bonds is 1. The summed E-state index contributed by atoms with van der Waals surface area (Å²) in [6, 6.07) is 10.4. The van der Waals surface area contributed by atoms with Crippen molar-refractivity contribution in [1.29, 1.82) is 0 Å². The molecule has 1 aliphatic heterocycles. The molecule has 98 valence electrons. The van der Waals surface area contributed by atoms with E-state index in [1.54, 1.807) is 0 Å². The van der Waals surface area contributed by atoms with Crippen LogP contribution >= 0.6 is 15.9 Å². The Balaban J connectivity index is 2.09. The molecule has 0 fully saturated rings. The van der Waals surface area contributed by atoms with Crippen LogP contribution in [0.25, 0.3) is 0 Å². The molecule has 5 heteroatoms. The van der Waals surface area contributed by atoms with Gasteiger partial charge in [-0.15, -0.1) is 0 Å². The van der Waals surface area contributed by atoms with Gasteiger partial charge in [0.05, 0.1) is 11.4 Å². The predicted octanol–water partition coefficient (Wildman–Crippen LogP) is 3.14. The minimum absolute atomic E-state index is 0.779. The second-order valence-electron chi connectivity index (χ2n) is 4.66. The fourth-order valence-corrected chi connectivity index (χ4v) is 2.86. The van der Waals surface area contributed by atoms with E-state index in [2.05, 4.69) is 67.0 Å². The summed E-state index contributed by atoms with van der Waals surface area (Å²) >= 11 is 3.44. The molecule has 0 unspecified atom stereocenters. The largest absolute Gasteiger partial charge is 0.371 e. The molecule has 0 bridgehead atoms. The Morgan fingerprint density at radius 2 is 1.84 bits per heavy atom. The second-order valence-corrected chi connectivity index (χ2v) is 5.47. The van der Waals surface area contributed by atoms with E-state index < -0.39 is 0 Å². The molecular weight excluding hydrogens is 304 g/mol. The molecule has 2 heterocycles. The zero-order valence-corrected chi connectivity index (χ0v) is 12.6. The molecule has 0 saturated carbocycles. The van der Waals surface area contributed by atoms with E-state index in [1.807, 2.05) is 13.0 Å².